The summed E-state index contributed by atoms with van der Waals surface area (Å²) in [6, 6.07) is 8.59. The Morgan fingerprint density at radius 3 is 2.46 bits per heavy atom. The van der Waals surface area contributed by atoms with Gasteiger partial charge in [0.05, 0.1) is 23.7 Å². The average Bonchev–Trinajstić information content (AvgIpc) is 2.82. The van der Waals surface area contributed by atoms with E-state index in [4.69, 9.17) is 4.74 Å². The number of nitrogens with one attached hydrogen (secondary N) is 2. The van der Waals surface area contributed by atoms with E-state index in [2.05, 4.69) is 10.0 Å². The number of hydrogen-bond donors (Lipinski definition) is 4. The molecule has 0 fully saturated rings. The molecule has 1 unspecified atom stereocenters. The van der Waals surface area contributed by atoms with Crippen LogP contribution in [0.5, 0.6) is 5.75 Å². The van der Waals surface area contributed by atoms with Crippen molar-refractivity contribution in [1.82, 2.24) is 5.32 Å². The lowest BCUT2D eigenvalue weighted by atomic mass is 9.85. The number of β-amino-alcohol motifs (C(OH)–C–C–N with tert-alkyl or cyclic N) is 1. The fraction of sp³-hybridized carbons (Fsp3) is 0.500. The van der Waals surface area contributed by atoms with Gasteiger partial charge < -0.3 is 20.3 Å². The van der Waals surface area contributed by atoms with Gasteiger partial charge in [0.1, 0.15) is 17.2 Å². The molecule has 2 aromatic rings. The molecule has 204 valence electrons. The summed E-state index contributed by atoms with van der Waals surface area (Å²) in [5, 5.41) is 23.9. The number of amides is 1. The van der Waals surface area contributed by atoms with Crippen molar-refractivity contribution in [2.24, 2.45) is 0 Å². The minimum Gasteiger partial charge on any atom is -0.506 e. The van der Waals surface area contributed by atoms with Crippen LogP contribution in [0.4, 0.5) is 20.6 Å². The summed E-state index contributed by atoms with van der Waals surface area (Å²) in [5.74, 6) is -0.638. The molecule has 37 heavy (non-hydrogen) atoms. The number of cyclic esters (lactones) is 1. The van der Waals surface area contributed by atoms with Crippen molar-refractivity contribution in [3.05, 3.63) is 53.3 Å². The number of carbonyl (C=O) groups excluding carboxylic acids is 1. The van der Waals surface area contributed by atoms with E-state index in [9.17, 15) is 27.8 Å². The highest BCUT2D eigenvalue weighted by molar-refractivity contribution is 7.92. The first-order valence-corrected chi connectivity index (χ1v) is 14.1. The minimum absolute atomic E-state index is 0.0211. The van der Waals surface area contributed by atoms with Crippen molar-refractivity contribution in [3.8, 4) is 5.75 Å². The summed E-state index contributed by atoms with van der Waals surface area (Å²) in [6.45, 7) is 8.12. The summed E-state index contributed by atoms with van der Waals surface area (Å²) < 4.78 is 45.2. The molecule has 0 radical (unpaired) electrons. The minimum atomic E-state index is -3.61. The van der Waals surface area contributed by atoms with Gasteiger partial charge in [-0.25, -0.2) is 17.6 Å². The zero-order valence-electron chi connectivity index (χ0n) is 21.8. The van der Waals surface area contributed by atoms with E-state index in [1.807, 2.05) is 27.7 Å². The van der Waals surface area contributed by atoms with Gasteiger partial charge in [0.2, 0.25) is 10.0 Å². The van der Waals surface area contributed by atoms with Crippen molar-refractivity contribution < 1.29 is 32.6 Å². The standard InChI is InChI=1S/C26H36FN3O6S/c1-6-26(7-2)19-15-18(27)9-10-21(19)30(24(33)36-26)13-12-25(3,4)28-16-23(32)17-8-11-22(31)20(14-17)29-37(5,34)35/h8-11,14-15,23,28-29,31-32H,6-7,12-13,16H2,1-5H3. The number of phenols is 1. The van der Waals surface area contributed by atoms with E-state index in [1.165, 1.54) is 35.2 Å². The molecule has 9 nitrogen and oxygen atoms in total. The molecule has 1 atom stereocenters. The number of carbonyl (C=O) groups is 1. The molecule has 1 heterocycles. The predicted molar refractivity (Wildman–Crippen MR) is 141 cm³/mol. The number of aliphatic hydroxyl groups is 1. The number of hydrogen-bond acceptors (Lipinski definition) is 7. The molecule has 0 bridgehead atoms. The molecule has 1 amide bonds. The highest BCUT2D eigenvalue weighted by atomic mass is 32.2. The Labute approximate surface area is 217 Å². The van der Waals surface area contributed by atoms with Crippen LogP contribution in [0.3, 0.4) is 0 Å². The molecule has 0 saturated carbocycles. The number of phenolic OH excluding ortho intramolecular Hbond substituents is 1. The largest absolute Gasteiger partial charge is 0.506 e. The van der Waals surface area contributed by atoms with E-state index in [1.54, 1.807) is 6.07 Å². The van der Waals surface area contributed by atoms with Crippen molar-refractivity contribution in [2.75, 3.05) is 29.0 Å². The average molecular weight is 538 g/mol. The maximum atomic E-state index is 14.1. The third kappa shape index (κ3) is 6.71. The zero-order chi connectivity index (χ0) is 27.6. The van der Waals surface area contributed by atoms with Crippen LogP contribution < -0.4 is 14.9 Å². The molecule has 3 rings (SSSR count). The maximum Gasteiger partial charge on any atom is 0.415 e. The van der Waals surface area contributed by atoms with Crippen molar-refractivity contribution in [2.45, 2.75) is 64.2 Å². The Kier molecular flexibility index (Phi) is 8.40. The molecule has 4 N–H and O–H groups in total. The van der Waals surface area contributed by atoms with Crippen LogP contribution in [0, 0.1) is 5.82 Å². The van der Waals surface area contributed by atoms with Crippen LogP contribution in [0.15, 0.2) is 36.4 Å². The summed E-state index contributed by atoms with van der Waals surface area (Å²) in [4.78, 5) is 14.5. The number of rotatable bonds is 11. The lowest BCUT2D eigenvalue weighted by molar-refractivity contribution is -0.00159. The van der Waals surface area contributed by atoms with E-state index in [0.29, 0.717) is 42.6 Å². The van der Waals surface area contributed by atoms with Crippen LogP contribution in [0.2, 0.25) is 0 Å². The Balaban J connectivity index is 1.69. The Hall–Kier alpha value is -2.89. The monoisotopic (exact) mass is 537 g/mol. The van der Waals surface area contributed by atoms with Crippen LogP contribution in [0.25, 0.3) is 0 Å². The molecule has 1 aliphatic rings. The van der Waals surface area contributed by atoms with Crippen molar-refractivity contribution >= 4 is 27.5 Å². The van der Waals surface area contributed by atoms with Gasteiger partial charge in [-0.1, -0.05) is 19.9 Å². The molecule has 0 saturated heterocycles. The van der Waals surface area contributed by atoms with E-state index < -0.39 is 33.4 Å². The molecule has 1 aliphatic heterocycles. The topological polar surface area (TPSA) is 128 Å². The van der Waals surface area contributed by atoms with Gasteiger partial charge in [-0.3, -0.25) is 9.62 Å². The SMILES string of the molecule is CCC1(CC)OC(=O)N(CCC(C)(C)NCC(O)c2ccc(O)c(NS(C)(=O)=O)c2)c2ccc(F)cc21. The first-order chi connectivity index (χ1) is 17.2. The zero-order valence-corrected chi connectivity index (χ0v) is 22.7. The summed E-state index contributed by atoms with van der Waals surface area (Å²) in [6.07, 6.45) is 1.06. The van der Waals surface area contributed by atoms with Crippen LogP contribution in [-0.4, -0.2) is 49.6 Å². The van der Waals surface area contributed by atoms with Gasteiger partial charge in [-0.05, 0) is 69.0 Å². The van der Waals surface area contributed by atoms with Gasteiger partial charge in [0.25, 0.3) is 0 Å². The lowest BCUT2D eigenvalue weighted by Crippen LogP contribution is -2.49. The summed E-state index contributed by atoms with van der Waals surface area (Å²) >= 11 is 0. The molecule has 2 aromatic carbocycles. The number of aromatic hydroxyl groups is 1. The van der Waals surface area contributed by atoms with Crippen molar-refractivity contribution in [1.29, 1.82) is 0 Å². The fourth-order valence-corrected chi connectivity index (χ4v) is 5.05. The molecule has 0 aliphatic carbocycles. The fourth-order valence-electron chi connectivity index (χ4n) is 4.48. The molecule has 11 heteroatoms. The van der Waals surface area contributed by atoms with Gasteiger partial charge >= 0.3 is 6.09 Å². The van der Waals surface area contributed by atoms with Gasteiger partial charge in [-0.2, -0.15) is 0 Å². The summed E-state index contributed by atoms with van der Waals surface area (Å²) in [5.41, 5.74) is 0.301. The Bertz CT molecular complexity index is 1250. The van der Waals surface area contributed by atoms with Gasteiger partial charge in [0, 0.05) is 24.2 Å². The normalized spacial score (nSPS) is 16.2. The smallest absolute Gasteiger partial charge is 0.415 e. The Morgan fingerprint density at radius 2 is 1.84 bits per heavy atom. The van der Waals surface area contributed by atoms with Crippen LogP contribution in [0.1, 0.15) is 64.2 Å². The van der Waals surface area contributed by atoms with E-state index >= 15 is 0 Å². The molecular weight excluding hydrogens is 501 g/mol. The molecular formula is C26H36FN3O6S. The quantitative estimate of drug-likeness (QED) is 0.314. The maximum absolute atomic E-state index is 14.1. The van der Waals surface area contributed by atoms with E-state index in [-0.39, 0.29) is 23.8 Å². The number of anilines is 2. The number of fused-ring (bicyclic) bond motifs is 1. The van der Waals surface area contributed by atoms with Crippen molar-refractivity contribution in [3.63, 3.8) is 0 Å². The third-order valence-electron chi connectivity index (χ3n) is 6.82. The van der Waals surface area contributed by atoms with Crippen LogP contribution >= 0.6 is 0 Å². The number of ether oxygens (including phenoxy) is 1. The van der Waals surface area contributed by atoms with Crippen LogP contribution in [-0.2, 0) is 20.4 Å². The second-order valence-corrected chi connectivity index (χ2v) is 11.8. The number of halogens is 1. The highest BCUT2D eigenvalue weighted by Gasteiger charge is 2.43. The lowest BCUT2D eigenvalue weighted by Gasteiger charge is -2.42. The second-order valence-electron chi connectivity index (χ2n) is 10.1. The highest BCUT2D eigenvalue weighted by Crippen LogP contribution is 2.44. The van der Waals surface area contributed by atoms with Gasteiger partial charge in [0.15, 0.2) is 0 Å². The van der Waals surface area contributed by atoms with Gasteiger partial charge in [-0.15, -0.1) is 0 Å². The predicted octanol–water partition coefficient (Wildman–Crippen LogP) is 4.37. The molecule has 0 aromatic heterocycles. The number of aliphatic hydroxyl groups excluding tert-OH is 1. The molecule has 0 spiro atoms. The number of sulfonamides is 1. The second kappa shape index (κ2) is 10.8. The first-order valence-electron chi connectivity index (χ1n) is 12.2. The number of benzene rings is 2. The third-order valence-corrected chi connectivity index (χ3v) is 7.41. The number of nitrogens with zero attached hydrogens (tertiary/aromatic N) is 1. The first kappa shape index (κ1) is 28.7. The Morgan fingerprint density at radius 1 is 1.16 bits per heavy atom. The van der Waals surface area contributed by atoms with E-state index in [0.717, 1.165) is 6.26 Å². The summed E-state index contributed by atoms with van der Waals surface area (Å²) in [7, 11) is -3.61.